The van der Waals surface area contributed by atoms with Crippen LogP contribution >= 0.6 is 0 Å². The molecule has 0 unspecified atom stereocenters. The molecule has 0 spiro atoms. The van der Waals surface area contributed by atoms with Gasteiger partial charge in [-0.1, -0.05) is 30.3 Å². The third-order valence-corrected chi connectivity index (χ3v) is 3.51. The quantitative estimate of drug-likeness (QED) is 0.856. The molecule has 0 heterocycles. The molecular weight excluding hydrogens is 266 g/mol. The fourth-order valence-corrected chi connectivity index (χ4v) is 2.27. The van der Waals surface area contributed by atoms with E-state index >= 15 is 0 Å². The van der Waals surface area contributed by atoms with E-state index in [1.54, 1.807) is 20.3 Å². The molecule has 0 bridgehead atoms. The van der Waals surface area contributed by atoms with Crippen molar-refractivity contribution in [2.75, 3.05) is 14.2 Å². The van der Waals surface area contributed by atoms with E-state index in [1.165, 1.54) is 0 Å². The topological polar surface area (TPSA) is 50.7 Å². The van der Waals surface area contributed by atoms with Crippen LogP contribution < -0.4 is 14.8 Å². The summed E-state index contributed by atoms with van der Waals surface area (Å²) < 4.78 is 10.5. The van der Waals surface area contributed by atoms with Crippen molar-refractivity contribution in [3.8, 4) is 17.2 Å². The van der Waals surface area contributed by atoms with Crippen molar-refractivity contribution in [3.63, 3.8) is 0 Å². The Kier molecular flexibility index (Phi) is 5.06. The maximum atomic E-state index is 10.1. The van der Waals surface area contributed by atoms with Crippen molar-refractivity contribution < 1.29 is 14.6 Å². The minimum atomic E-state index is 0.103. The predicted molar refractivity (Wildman–Crippen MR) is 82.9 cm³/mol. The second-order valence-corrected chi connectivity index (χ2v) is 4.81. The van der Waals surface area contributed by atoms with Crippen molar-refractivity contribution in [1.29, 1.82) is 0 Å². The first-order valence-electron chi connectivity index (χ1n) is 6.88. The maximum Gasteiger partial charge on any atom is 0.162 e. The van der Waals surface area contributed by atoms with Crippen LogP contribution in [0, 0.1) is 0 Å². The van der Waals surface area contributed by atoms with Crippen LogP contribution in [0.15, 0.2) is 42.5 Å². The number of ether oxygens (including phenoxy) is 2. The number of aromatic hydroxyl groups is 1. The highest BCUT2D eigenvalue weighted by molar-refractivity contribution is 5.45. The molecule has 0 amide bonds. The predicted octanol–water partition coefficient (Wildman–Crippen LogP) is 3.26. The maximum absolute atomic E-state index is 10.1. The van der Waals surface area contributed by atoms with E-state index in [-0.39, 0.29) is 11.8 Å². The Labute approximate surface area is 125 Å². The van der Waals surface area contributed by atoms with E-state index in [1.807, 2.05) is 36.4 Å². The first-order valence-corrected chi connectivity index (χ1v) is 6.88. The molecule has 2 aromatic carbocycles. The van der Waals surface area contributed by atoms with Crippen molar-refractivity contribution in [3.05, 3.63) is 53.6 Å². The smallest absolute Gasteiger partial charge is 0.162 e. The minimum Gasteiger partial charge on any atom is -0.504 e. The number of methoxy groups -OCH3 is 2. The summed E-state index contributed by atoms with van der Waals surface area (Å²) in [7, 11) is 3.21. The van der Waals surface area contributed by atoms with Gasteiger partial charge in [-0.3, -0.25) is 0 Å². The lowest BCUT2D eigenvalue weighted by Gasteiger charge is -2.18. The van der Waals surface area contributed by atoms with Gasteiger partial charge in [0.1, 0.15) is 5.75 Å². The number of hydrogen-bond acceptors (Lipinski definition) is 4. The lowest BCUT2D eigenvalue weighted by molar-refractivity contribution is 0.368. The van der Waals surface area contributed by atoms with Gasteiger partial charge in [0.25, 0.3) is 0 Å². The van der Waals surface area contributed by atoms with Gasteiger partial charge in [-0.05, 0) is 19.1 Å². The van der Waals surface area contributed by atoms with Gasteiger partial charge >= 0.3 is 0 Å². The first kappa shape index (κ1) is 15.2. The zero-order valence-corrected chi connectivity index (χ0v) is 12.6. The Morgan fingerprint density at radius 1 is 1.00 bits per heavy atom. The largest absolute Gasteiger partial charge is 0.504 e. The number of phenols is 1. The van der Waals surface area contributed by atoms with Gasteiger partial charge in [0, 0.05) is 23.7 Å². The molecule has 2 rings (SSSR count). The number of benzene rings is 2. The SMILES string of the molecule is COc1ccccc1[C@@H](C)NCc1cccc(OC)c1O. The molecule has 0 aliphatic rings. The van der Waals surface area contributed by atoms with Crippen molar-refractivity contribution >= 4 is 0 Å². The molecule has 0 fully saturated rings. The van der Waals surface area contributed by atoms with Crippen LogP contribution in [0.2, 0.25) is 0 Å². The Bertz CT molecular complexity index is 598. The van der Waals surface area contributed by atoms with E-state index in [2.05, 4.69) is 12.2 Å². The van der Waals surface area contributed by atoms with Crippen LogP contribution in [0.4, 0.5) is 0 Å². The molecule has 2 aromatic rings. The lowest BCUT2D eigenvalue weighted by atomic mass is 10.1. The third-order valence-electron chi connectivity index (χ3n) is 3.51. The second-order valence-electron chi connectivity index (χ2n) is 4.81. The molecule has 4 nitrogen and oxygen atoms in total. The third kappa shape index (κ3) is 3.47. The first-order chi connectivity index (χ1) is 10.2. The molecule has 0 saturated heterocycles. The van der Waals surface area contributed by atoms with Crippen LogP contribution in [0.1, 0.15) is 24.1 Å². The molecule has 0 aliphatic carbocycles. The fourth-order valence-electron chi connectivity index (χ4n) is 2.27. The number of rotatable bonds is 6. The molecule has 112 valence electrons. The molecule has 4 heteroatoms. The second kappa shape index (κ2) is 6.99. The number of nitrogens with one attached hydrogen (secondary N) is 1. The van der Waals surface area contributed by atoms with Gasteiger partial charge in [0.2, 0.25) is 0 Å². The molecule has 0 aromatic heterocycles. The number of phenolic OH excluding ortho intramolecular Hbond substituents is 1. The molecule has 1 atom stereocenters. The Morgan fingerprint density at radius 2 is 1.67 bits per heavy atom. The summed E-state index contributed by atoms with van der Waals surface area (Å²) in [6, 6.07) is 13.5. The van der Waals surface area contributed by atoms with Crippen LogP contribution in [0.3, 0.4) is 0 Å². The van der Waals surface area contributed by atoms with E-state index in [0.29, 0.717) is 12.3 Å². The summed E-state index contributed by atoms with van der Waals surface area (Å²) in [4.78, 5) is 0. The van der Waals surface area contributed by atoms with Gasteiger partial charge < -0.3 is 19.9 Å². The highest BCUT2D eigenvalue weighted by atomic mass is 16.5. The van der Waals surface area contributed by atoms with Crippen LogP contribution in [-0.2, 0) is 6.54 Å². The van der Waals surface area contributed by atoms with Crippen LogP contribution in [0.5, 0.6) is 17.2 Å². The molecule has 0 aliphatic heterocycles. The van der Waals surface area contributed by atoms with Gasteiger partial charge in [-0.25, -0.2) is 0 Å². The summed E-state index contributed by atoms with van der Waals surface area (Å²) in [5.74, 6) is 1.52. The normalized spacial score (nSPS) is 12.0. The van der Waals surface area contributed by atoms with E-state index < -0.39 is 0 Å². The standard InChI is InChI=1S/C17H21NO3/c1-12(14-8-4-5-9-15(14)20-2)18-11-13-7-6-10-16(21-3)17(13)19/h4-10,12,18-19H,11H2,1-3H3/t12-/m1/s1. The van der Waals surface area contributed by atoms with Crippen LogP contribution in [-0.4, -0.2) is 19.3 Å². The number of hydrogen-bond donors (Lipinski definition) is 2. The Morgan fingerprint density at radius 3 is 2.38 bits per heavy atom. The highest BCUT2D eigenvalue weighted by Crippen LogP contribution is 2.30. The molecule has 0 saturated carbocycles. The summed E-state index contributed by atoms with van der Waals surface area (Å²) >= 11 is 0. The van der Waals surface area contributed by atoms with E-state index in [0.717, 1.165) is 16.9 Å². The van der Waals surface area contributed by atoms with Gasteiger partial charge in [-0.15, -0.1) is 0 Å². The van der Waals surface area contributed by atoms with Gasteiger partial charge in [-0.2, -0.15) is 0 Å². The summed E-state index contributed by atoms with van der Waals surface area (Å²) in [6.07, 6.45) is 0. The molecular formula is C17H21NO3. The molecule has 21 heavy (non-hydrogen) atoms. The summed E-state index contributed by atoms with van der Waals surface area (Å²) in [6.45, 7) is 2.61. The van der Waals surface area contributed by atoms with Crippen molar-refractivity contribution in [1.82, 2.24) is 5.32 Å². The highest BCUT2D eigenvalue weighted by Gasteiger charge is 2.12. The minimum absolute atomic E-state index is 0.103. The monoisotopic (exact) mass is 287 g/mol. The average Bonchev–Trinajstić information content (AvgIpc) is 2.53. The number of para-hydroxylation sites is 2. The zero-order chi connectivity index (χ0) is 15.2. The molecule has 0 radical (unpaired) electrons. The Balaban J connectivity index is 2.09. The molecule has 2 N–H and O–H groups in total. The van der Waals surface area contributed by atoms with Crippen molar-refractivity contribution in [2.45, 2.75) is 19.5 Å². The van der Waals surface area contributed by atoms with Crippen LogP contribution in [0.25, 0.3) is 0 Å². The zero-order valence-electron chi connectivity index (χ0n) is 12.6. The fraction of sp³-hybridized carbons (Fsp3) is 0.294. The lowest BCUT2D eigenvalue weighted by Crippen LogP contribution is -2.18. The van der Waals surface area contributed by atoms with Gasteiger partial charge in [0.05, 0.1) is 14.2 Å². The summed E-state index contributed by atoms with van der Waals surface area (Å²) in [5.41, 5.74) is 1.89. The van der Waals surface area contributed by atoms with E-state index in [4.69, 9.17) is 9.47 Å². The Hall–Kier alpha value is -2.20. The van der Waals surface area contributed by atoms with E-state index in [9.17, 15) is 5.11 Å². The van der Waals surface area contributed by atoms with Crippen molar-refractivity contribution in [2.24, 2.45) is 0 Å². The average molecular weight is 287 g/mol. The summed E-state index contributed by atoms with van der Waals surface area (Å²) in [5, 5.41) is 13.5. The van der Waals surface area contributed by atoms with Gasteiger partial charge in [0.15, 0.2) is 11.5 Å².